The van der Waals surface area contributed by atoms with Gasteiger partial charge in [-0.25, -0.2) is 0 Å². The van der Waals surface area contributed by atoms with E-state index >= 15 is 0 Å². The van der Waals surface area contributed by atoms with Crippen molar-refractivity contribution in [3.8, 4) is 11.5 Å². The van der Waals surface area contributed by atoms with Crippen LogP contribution in [0.5, 0.6) is 11.5 Å². The lowest BCUT2D eigenvalue weighted by Gasteiger charge is -2.16. The van der Waals surface area contributed by atoms with E-state index in [1.165, 1.54) is 18.4 Å². The Balaban J connectivity index is 2.18. The van der Waals surface area contributed by atoms with Gasteiger partial charge in [0.15, 0.2) is 11.5 Å². The van der Waals surface area contributed by atoms with E-state index in [2.05, 4.69) is 5.32 Å². The molecule has 0 spiro atoms. The molecule has 0 aliphatic heterocycles. The average Bonchev–Trinajstić information content (AvgIpc) is 3.26. The van der Waals surface area contributed by atoms with E-state index in [0.717, 1.165) is 5.56 Å². The summed E-state index contributed by atoms with van der Waals surface area (Å²) in [6.45, 7) is 0.874. The molecule has 2 rings (SSSR count). The zero-order valence-electron chi connectivity index (χ0n) is 11.1. The molecule has 1 aromatic rings. The smallest absolute Gasteiger partial charge is 0.166 e. The molecule has 20 heavy (non-hydrogen) atoms. The van der Waals surface area contributed by atoms with Crippen molar-refractivity contribution in [1.82, 2.24) is 5.32 Å². The van der Waals surface area contributed by atoms with Crippen LogP contribution in [-0.4, -0.2) is 19.8 Å². The van der Waals surface area contributed by atoms with Crippen LogP contribution in [-0.2, 0) is 6.54 Å². The van der Waals surface area contributed by atoms with Crippen LogP contribution in [0.1, 0.15) is 18.4 Å². The molecule has 1 saturated carbocycles. The topological polar surface area (TPSA) is 30.5 Å². The van der Waals surface area contributed by atoms with Crippen molar-refractivity contribution in [3.05, 3.63) is 33.3 Å². The first-order valence-electron chi connectivity index (χ1n) is 6.31. The summed E-state index contributed by atoms with van der Waals surface area (Å²) >= 11 is 17.5. The molecule has 0 bridgehead atoms. The predicted octanol–water partition coefficient (Wildman–Crippen LogP) is 4.30. The van der Waals surface area contributed by atoms with Gasteiger partial charge in [-0.05, 0) is 18.9 Å². The number of nitrogens with one attached hydrogen (secondary N) is 1. The van der Waals surface area contributed by atoms with Crippen molar-refractivity contribution >= 4 is 34.8 Å². The molecule has 0 amide bonds. The van der Waals surface area contributed by atoms with Crippen LogP contribution in [0, 0.1) is 0 Å². The molecular formula is C14H16Cl3NO2. The van der Waals surface area contributed by atoms with Crippen molar-refractivity contribution in [2.24, 2.45) is 0 Å². The van der Waals surface area contributed by atoms with Crippen LogP contribution in [0.4, 0.5) is 0 Å². The van der Waals surface area contributed by atoms with Crippen molar-refractivity contribution in [1.29, 1.82) is 0 Å². The van der Waals surface area contributed by atoms with Gasteiger partial charge in [0.1, 0.15) is 6.61 Å². The highest BCUT2D eigenvalue weighted by atomic mass is 35.5. The lowest BCUT2D eigenvalue weighted by molar-refractivity contribution is 0.319. The number of methoxy groups -OCH3 is 1. The lowest BCUT2D eigenvalue weighted by Crippen LogP contribution is -2.16. The molecular weight excluding hydrogens is 321 g/mol. The second-order valence-corrected chi connectivity index (χ2v) is 5.74. The normalized spacial score (nSPS) is 15.3. The Morgan fingerprint density at radius 2 is 2.20 bits per heavy atom. The van der Waals surface area contributed by atoms with Gasteiger partial charge in [-0.3, -0.25) is 0 Å². The van der Waals surface area contributed by atoms with Crippen molar-refractivity contribution in [2.75, 3.05) is 13.7 Å². The van der Waals surface area contributed by atoms with E-state index in [9.17, 15) is 0 Å². The minimum absolute atomic E-state index is 0.194. The maximum Gasteiger partial charge on any atom is 0.166 e. The van der Waals surface area contributed by atoms with Crippen LogP contribution in [0.25, 0.3) is 0 Å². The number of hydrogen-bond acceptors (Lipinski definition) is 3. The van der Waals surface area contributed by atoms with Gasteiger partial charge in [0.2, 0.25) is 0 Å². The lowest BCUT2D eigenvalue weighted by atomic mass is 10.1. The van der Waals surface area contributed by atoms with Gasteiger partial charge in [0, 0.05) is 34.8 Å². The Bertz CT molecular complexity index is 501. The summed E-state index contributed by atoms with van der Waals surface area (Å²) in [5, 5.41) is 4.46. The molecule has 0 radical (unpaired) electrons. The molecule has 1 aliphatic rings. The monoisotopic (exact) mass is 335 g/mol. The van der Waals surface area contributed by atoms with E-state index in [-0.39, 0.29) is 6.61 Å². The SMILES string of the molecule is COc1cc(Cl)cc(CNC2CC2)c1OC/C(Cl)=C/Cl. The quantitative estimate of drug-likeness (QED) is 0.805. The molecule has 6 heteroatoms. The molecule has 110 valence electrons. The molecule has 1 aromatic carbocycles. The van der Waals surface area contributed by atoms with Gasteiger partial charge in [0.05, 0.1) is 12.1 Å². The largest absolute Gasteiger partial charge is 0.493 e. The predicted molar refractivity (Wildman–Crippen MR) is 83.1 cm³/mol. The zero-order valence-corrected chi connectivity index (χ0v) is 13.4. The standard InChI is InChI=1S/C14H16Cl3NO2/c1-19-13-5-10(16)4-9(7-18-12-2-3-12)14(13)20-8-11(17)6-15/h4-6,12,18H,2-3,7-8H2,1H3/b11-6-. The van der Waals surface area contributed by atoms with Crippen LogP contribution >= 0.6 is 34.8 Å². The van der Waals surface area contributed by atoms with Crippen molar-refractivity contribution in [2.45, 2.75) is 25.4 Å². The number of ether oxygens (including phenoxy) is 2. The highest BCUT2D eigenvalue weighted by molar-refractivity contribution is 6.36. The summed E-state index contributed by atoms with van der Waals surface area (Å²) in [5.41, 5.74) is 2.23. The van der Waals surface area contributed by atoms with Crippen LogP contribution in [0.3, 0.4) is 0 Å². The van der Waals surface area contributed by atoms with E-state index in [1.807, 2.05) is 6.07 Å². The molecule has 0 unspecified atom stereocenters. The molecule has 0 atom stereocenters. The molecule has 0 heterocycles. The molecule has 0 saturated heterocycles. The van der Waals surface area contributed by atoms with Gasteiger partial charge in [-0.1, -0.05) is 34.8 Å². The summed E-state index contributed by atoms with van der Waals surface area (Å²) in [5.74, 6) is 1.23. The van der Waals surface area contributed by atoms with Crippen LogP contribution in [0.2, 0.25) is 5.02 Å². The maximum atomic E-state index is 6.10. The van der Waals surface area contributed by atoms with E-state index in [1.54, 1.807) is 13.2 Å². The van der Waals surface area contributed by atoms with E-state index in [0.29, 0.717) is 34.1 Å². The molecule has 1 N–H and O–H groups in total. The summed E-state index contributed by atoms with van der Waals surface area (Å²) in [6, 6.07) is 4.18. The number of rotatable bonds is 7. The van der Waals surface area contributed by atoms with Crippen LogP contribution in [0.15, 0.2) is 22.7 Å². The fraction of sp³-hybridized carbons (Fsp3) is 0.429. The first-order chi connectivity index (χ1) is 9.63. The minimum atomic E-state index is 0.194. The molecule has 0 aromatic heterocycles. The van der Waals surface area contributed by atoms with Gasteiger partial charge in [-0.15, -0.1) is 0 Å². The number of benzene rings is 1. The van der Waals surface area contributed by atoms with Crippen molar-refractivity contribution < 1.29 is 9.47 Å². The van der Waals surface area contributed by atoms with Crippen molar-refractivity contribution in [3.63, 3.8) is 0 Å². The molecule has 1 aliphatic carbocycles. The fourth-order valence-electron chi connectivity index (χ4n) is 1.78. The molecule has 1 fully saturated rings. The Kier molecular flexibility index (Phi) is 5.85. The van der Waals surface area contributed by atoms with E-state index in [4.69, 9.17) is 44.3 Å². The van der Waals surface area contributed by atoms with Gasteiger partial charge in [-0.2, -0.15) is 0 Å². The third-order valence-electron chi connectivity index (χ3n) is 2.95. The Morgan fingerprint density at radius 1 is 1.45 bits per heavy atom. The Morgan fingerprint density at radius 3 is 2.80 bits per heavy atom. The summed E-state index contributed by atoms with van der Waals surface area (Å²) in [6.07, 6.45) is 2.43. The maximum absolute atomic E-state index is 6.10. The number of hydrogen-bond donors (Lipinski definition) is 1. The third kappa shape index (κ3) is 4.45. The van der Waals surface area contributed by atoms with Gasteiger partial charge < -0.3 is 14.8 Å². The van der Waals surface area contributed by atoms with Gasteiger partial charge in [0.25, 0.3) is 0 Å². The second kappa shape index (κ2) is 7.41. The molecule has 3 nitrogen and oxygen atoms in total. The van der Waals surface area contributed by atoms with E-state index < -0.39 is 0 Å². The summed E-state index contributed by atoms with van der Waals surface area (Å²) in [4.78, 5) is 0. The Hall–Kier alpha value is -0.610. The fourth-order valence-corrected chi connectivity index (χ4v) is 2.13. The zero-order chi connectivity index (χ0) is 14.5. The summed E-state index contributed by atoms with van der Waals surface area (Å²) < 4.78 is 11.0. The minimum Gasteiger partial charge on any atom is -0.493 e. The second-order valence-electron chi connectivity index (χ2n) is 4.60. The third-order valence-corrected chi connectivity index (χ3v) is 3.76. The highest BCUT2D eigenvalue weighted by Gasteiger charge is 2.21. The first-order valence-corrected chi connectivity index (χ1v) is 7.50. The number of halogens is 3. The average molecular weight is 337 g/mol. The highest BCUT2D eigenvalue weighted by Crippen LogP contribution is 2.35. The first kappa shape index (κ1) is 15.8. The van der Waals surface area contributed by atoms with Gasteiger partial charge >= 0.3 is 0 Å². The Labute approximate surface area is 133 Å². The van der Waals surface area contributed by atoms with Crippen LogP contribution < -0.4 is 14.8 Å². The summed E-state index contributed by atoms with van der Waals surface area (Å²) in [7, 11) is 1.58.